The molecule has 6 heteroatoms. The third kappa shape index (κ3) is 4.93. The predicted octanol–water partition coefficient (Wildman–Crippen LogP) is 2.97. The van der Waals surface area contributed by atoms with Crippen molar-refractivity contribution in [3.05, 3.63) is 23.9 Å². The van der Waals surface area contributed by atoms with Crippen LogP contribution in [0.3, 0.4) is 0 Å². The van der Waals surface area contributed by atoms with Crippen LogP contribution in [0.15, 0.2) is 18.3 Å². The molecular formula is C19H25N3O3. The van der Waals surface area contributed by atoms with Crippen LogP contribution in [0.1, 0.15) is 50.5 Å². The van der Waals surface area contributed by atoms with Crippen LogP contribution in [0.4, 0.5) is 5.82 Å². The van der Waals surface area contributed by atoms with Gasteiger partial charge in [0.2, 0.25) is 0 Å². The highest BCUT2D eigenvalue weighted by molar-refractivity contribution is 5.67. The first-order valence-electron chi connectivity index (χ1n) is 9.12. The quantitative estimate of drug-likeness (QED) is 0.884. The molecule has 0 aromatic carbocycles. The second-order valence-corrected chi connectivity index (χ2v) is 7.08. The molecule has 0 amide bonds. The number of carboxylic acid groups (broad SMARTS) is 1. The molecule has 2 aliphatic rings. The van der Waals surface area contributed by atoms with E-state index in [0.29, 0.717) is 17.9 Å². The van der Waals surface area contributed by atoms with Gasteiger partial charge in [0.05, 0.1) is 17.8 Å². The topological polar surface area (TPSA) is 86.5 Å². The Labute approximate surface area is 148 Å². The minimum Gasteiger partial charge on any atom is -0.481 e. The zero-order valence-corrected chi connectivity index (χ0v) is 14.4. The van der Waals surface area contributed by atoms with Crippen molar-refractivity contribution in [2.24, 2.45) is 5.92 Å². The molecule has 1 aliphatic carbocycles. The molecule has 134 valence electrons. The summed E-state index contributed by atoms with van der Waals surface area (Å²) >= 11 is 0. The van der Waals surface area contributed by atoms with Crippen molar-refractivity contribution in [2.75, 3.05) is 18.0 Å². The molecule has 0 bridgehead atoms. The molecule has 25 heavy (non-hydrogen) atoms. The number of aliphatic carboxylic acids is 1. The largest absolute Gasteiger partial charge is 0.481 e. The minimum atomic E-state index is -0.687. The van der Waals surface area contributed by atoms with Crippen LogP contribution in [-0.2, 0) is 9.53 Å². The smallest absolute Gasteiger partial charge is 0.303 e. The minimum absolute atomic E-state index is 0.287. The number of carbonyl (C=O) groups is 1. The fourth-order valence-corrected chi connectivity index (χ4v) is 3.85. The van der Waals surface area contributed by atoms with Crippen molar-refractivity contribution in [3.63, 3.8) is 0 Å². The molecule has 2 fully saturated rings. The SMILES string of the molecule is N#Cc1ccc(N2CCC(O[C@H]3CC[C@H](CC(=O)O)CC3)CC2)nc1. The first kappa shape index (κ1) is 17.7. The number of hydrogen-bond acceptors (Lipinski definition) is 5. The lowest BCUT2D eigenvalue weighted by atomic mass is 9.85. The molecule has 3 rings (SSSR count). The van der Waals surface area contributed by atoms with Gasteiger partial charge < -0.3 is 14.7 Å². The number of carboxylic acids is 1. The van der Waals surface area contributed by atoms with Crippen molar-refractivity contribution in [2.45, 2.75) is 57.2 Å². The maximum atomic E-state index is 10.8. The fraction of sp³-hybridized carbons (Fsp3) is 0.632. The van der Waals surface area contributed by atoms with Crippen molar-refractivity contribution in [1.82, 2.24) is 4.98 Å². The summed E-state index contributed by atoms with van der Waals surface area (Å²) in [5, 5.41) is 17.7. The summed E-state index contributed by atoms with van der Waals surface area (Å²) in [5.74, 6) is 0.557. The van der Waals surface area contributed by atoms with E-state index in [1.54, 1.807) is 12.3 Å². The number of aromatic nitrogens is 1. The average Bonchev–Trinajstić information content (AvgIpc) is 2.64. The highest BCUT2D eigenvalue weighted by atomic mass is 16.5. The molecule has 1 aromatic heterocycles. The van der Waals surface area contributed by atoms with E-state index in [-0.39, 0.29) is 12.2 Å². The third-order valence-corrected chi connectivity index (χ3v) is 5.28. The number of nitriles is 1. The predicted molar refractivity (Wildman–Crippen MR) is 93.3 cm³/mol. The summed E-state index contributed by atoms with van der Waals surface area (Å²) in [4.78, 5) is 17.4. The van der Waals surface area contributed by atoms with E-state index >= 15 is 0 Å². The number of ether oxygens (including phenoxy) is 1. The Hall–Kier alpha value is -2.13. The molecular weight excluding hydrogens is 318 g/mol. The summed E-state index contributed by atoms with van der Waals surface area (Å²) in [6, 6.07) is 5.80. The molecule has 1 N–H and O–H groups in total. The second-order valence-electron chi connectivity index (χ2n) is 7.08. The molecule has 0 atom stereocenters. The van der Waals surface area contributed by atoms with Gasteiger partial charge in [0.15, 0.2) is 0 Å². The number of hydrogen-bond donors (Lipinski definition) is 1. The standard InChI is InChI=1S/C19H25N3O3/c20-12-15-3-6-18(21-13-15)22-9-7-17(8-10-22)25-16-4-1-14(2-5-16)11-19(23)24/h3,6,13-14,16-17H,1-2,4-5,7-11H2,(H,23,24)/t14-,16-. The van der Waals surface area contributed by atoms with Gasteiger partial charge in [-0.3, -0.25) is 4.79 Å². The first-order valence-corrected chi connectivity index (χ1v) is 9.12. The van der Waals surface area contributed by atoms with E-state index in [9.17, 15) is 4.79 Å². The molecule has 0 spiro atoms. The van der Waals surface area contributed by atoms with Crippen LogP contribution in [0, 0.1) is 17.2 Å². The van der Waals surface area contributed by atoms with Crippen LogP contribution >= 0.6 is 0 Å². The normalized spacial score (nSPS) is 24.7. The number of piperidine rings is 1. The van der Waals surface area contributed by atoms with Crippen LogP contribution in [0.5, 0.6) is 0 Å². The van der Waals surface area contributed by atoms with Gasteiger partial charge in [-0.1, -0.05) is 0 Å². The number of nitrogens with zero attached hydrogens (tertiary/aromatic N) is 3. The van der Waals surface area contributed by atoms with E-state index in [1.165, 1.54) is 0 Å². The number of rotatable bonds is 5. The Balaban J connectivity index is 1.41. The Morgan fingerprint density at radius 1 is 1.20 bits per heavy atom. The summed E-state index contributed by atoms with van der Waals surface area (Å²) in [7, 11) is 0. The van der Waals surface area contributed by atoms with Gasteiger partial charge in [-0.15, -0.1) is 0 Å². The van der Waals surface area contributed by atoms with Crippen molar-refractivity contribution >= 4 is 11.8 Å². The fourth-order valence-electron chi connectivity index (χ4n) is 3.85. The molecule has 1 aliphatic heterocycles. The van der Waals surface area contributed by atoms with Crippen LogP contribution in [-0.4, -0.2) is 41.4 Å². The Bertz CT molecular complexity index is 610. The zero-order valence-electron chi connectivity index (χ0n) is 14.4. The molecule has 0 unspecified atom stereocenters. The van der Waals surface area contributed by atoms with Gasteiger partial charge >= 0.3 is 5.97 Å². The highest BCUT2D eigenvalue weighted by Gasteiger charge is 2.27. The Morgan fingerprint density at radius 3 is 2.44 bits per heavy atom. The lowest BCUT2D eigenvalue weighted by molar-refractivity contribution is -0.138. The van der Waals surface area contributed by atoms with Gasteiger partial charge in [-0.05, 0) is 56.6 Å². The van der Waals surface area contributed by atoms with Crippen LogP contribution in [0.2, 0.25) is 0 Å². The summed E-state index contributed by atoms with van der Waals surface area (Å²) in [6.07, 6.45) is 8.34. The number of anilines is 1. The Morgan fingerprint density at radius 2 is 1.88 bits per heavy atom. The Kier molecular flexibility index (Phi) is 5.87. The highest BCUT2D eigenvalue weighted by Crippen LogP contribution is 2.30. The van der Waals surface area contributed by atoms with Gasteiger partial charge in [0, 0.05) is 25.7 Å². The third-order valence-electron chi connectivity index (χ3n) is 5.28. The van der Waals surface area contributed by atoms with E-state index in [1.807, 2.05) is 6.07 Å². The van der Waals surface area contributed by atoms with E-state index in [2.05, 4.69) is 16.0 Å². The lowest BCUT2D eigenvalue weighted by Gasteiger charge is -2.36. The molecule has 2 heterocycles. The van der Waals surface area contributed by atoms with Crippen molar-refractivity contribution < 1.29 is 14.6 Å². The van der Waals surface area contributed by atoms with Gasteiger partial charge in [-0.2, -0.15) is 5.26 Å². The van der Waals surface area contributed by atoms with Gasteiger partial charge in [0.25, 0.3) is 0 Å². The molecule has 6 nitrogen and oxygen atoms in total. The van der Waals surface area contributed by atoms with Gasteiger partial charge in [-0.25, -0.2) is 4.98 Å². The average molecular weight is 343 g/mol. The molecule has 1 saturated heterocycles. The van der Waals surface area contributed by atoms with Gasteiger partial charge in [0.1, 0.15) is 11.9 Å². The van der Waals surface area contributed by atoms with Crippen LogP contribution < -0.4 is 4.90 Å². The summed E-state index contributed by atoms with van der Waals surface area (Å²) in [5.41, 5.74) is 0.584. The second kappa shape index (κ2) is 8.30. The summed E-state index contributed by atoms with van der Waals surface area (Å²) < 4.78 is 6.27. The molecule has 1 aromatic rings. The summed E-state index contributed by atoms with van der Waals surface area (Å²) in [6.45, 7) is 1.83. The lowest BCUT2D eigenvalue weighted by Crippen LogP contribution is -2.39. The van der Waals surface area contributed by atoms with E-state index in [0.717, 1.165) is 57.4 Å². The van der Waals surface area contributed by atoms with Crippen molar-refractivity contribution in [3.8, 4) is 6.07 Å². The maximum absolute atomic E-state index is 10.8. The number of pyridine rings is 1. The van der Waals surface area contributed by atoms with E-state index < -0.39 is 5.97 Å². The maximum Gasteiger partial charge on any atom is 0.303 e. The first-order chi connectivity index (χ1) is 12.1. The zero-order chi connectivity index (χ0) is 17.6. The van der Waals surface area contributed by atoms with Crippen molar-refractivity contribution in [1.29, 1.82) is 5.26 Å². The molecule has 1 saturated carbocycles. The monoisotopic (exact) mass is 343 g/mol. The molecule has 0 radical (unpaired) electrons. The van der Waals surface area contributed by atoms with E-state index in [4.69, 9.17) is 15.1 Å². The van der Waals surface area contributed by atoms with Crippen LogP contribution in [0.25, 0.3) is 0 Å².